The minimum Gasteiger partial charge on any atom is -0.339 e. The number of aryl methyl sites for hydroxylation is 1. The Morgan fingerprint density at radius 3 is 2.77 bits per heavy atom. The predicted octanol–water partition coefficient (Wildman–Crippen LogP) is 3.56. The predicted molar refractivity (Wildman–Crippen MR) is 84.6 cm³/mol. The third-order valence-corrected chi connectivity index (χ3v) is 5.88. The highest BCUT2D eigenvalue weighted by atomic mass is 35.5. The van der Waals surface area contributed by atoms with E-state index in [1.807, 2.05) is 0 Å². The third-order valence-electron chi connectivity index (χ3n) is 2.74. The van der Waals surface area contributed by atoms with Gasteiger partial charge in [0.15, 0.2) is 0 Å². The van der Waals surface area contributed by atoms with Gasteiger partial charge in [0.2, 0.25) is 11.7 Å². The standard InChI is InChI=1S/C13H10ClN3O3S2/c1-8-15-13(16-20-8)9-6-12(21-7-9)22(18,19)17-11-5-3-2-4-10(11)14/h2-7,17H,1H3. The SMILES string of the molecule is Cc1nc(-c2csc(S(=O)(=O)Nc3ccccc3Cl)c2)no1. The number of anilines is 1. The van der Waals surface area contributed by atoms with Crippen molar-refractivity contribution in [1.82, 2.24) is 10.1 Å². The van der Waals surface area contributed by atoms with Gasteiger partial charge in [-0.3, -0.25) is 4.72 Å². The minimum absolute atomic E-state index is 0.143. The van der Waals surface area contributed by atoms with Crippen LogP contribution in [0, 0.1) is 6.92 Å². The molecule has 0 aliphatic carbocycles. The molecule has 2 aromatic heterocycles. The van der Waals surface area contributed by atoms with Crippen molar-refractivity contribution >= 4 is 38.6 Å². The first-order valence-electron chi connectivity index (χ1n) is 6.12. The molecule has 1 aromatic carbocycles. The van der Waals surface area contributed by atoms with E-state index in [9.17, 15) is 8.42 Å². The first-order valence-corrected chi connectivity index (χ1v) is 8.86. The zero-order chi connectivity index (χ0) is 15.7. The molecule has 0 aliphatic heterocycles. The molecule has 22 heavy (non-hydrogen) atoms. The van der Waals surface area contributed by atoms with Gasteiger partial charge in [-0.05, 0) is 18.2 Å². The normalized spacial score (nSPS) is 11.5. The Morgan fingerprint density at radius 2 is 2.09 bits per heavy atom. The van der Waals surface area contributed by atoms with Crippen LogP contribution in [-0.2, 0) is 10.0 Å². The number of rotatable bonds is 4. The number of nitrogens with zero attached hydrogens (tertiary/aromatic N) is 2. The van der Waals surface area contributed by atoms with E-state index in [4.69, 9.17) is 16.1 Å². The van der Waals surface area contributed by atoms with E-state index in [0.717, 1.165) is 11.3 Å². The topological polar surface area (TPSA) is 85.1 Å². The van der Waals surface area contributed by atoms with E-state index in [2.05, 4.69) is 14.9 Å². The second-order valence-electron chi connectivity index (χ2n) is 4.38. The number of sulfonamides is 1. The fourth-order valence-electron chi connectivity index (χ4n) is 1.73. The van der Waals surface area contributed by atoms with Crippen molar-refractivity contribution in [1.29, 1.82) is 0 Å². The first kappa shape index (κ1) is 15.0. The van der Waals surface area contributed by atoms with Crippen LogP contribution in [0.4, 0.5) is 5.69 Å². The Morgan fingerprint density at radius 1 is 1.32 bits per heavy atom. The number of para-hydroxylation sites is 1. The van der Waals surface area contributed by atoms with Crippen LogP contribution in [-0.4, -0.2) is 18.6 Å². The van der Waals surface area contributed by atoms with E-state index >= 15 is 0 Å². The molecular weight excluding hydrogens is 346 g/mol. The van der Waals surface area contributed by atoms with Crippen molar-refractivity contribution in [2.75, 3.05) is 4.72 Å². The van der Waals surface area contributed by atoms with Gasteiger partial charge in [-0.25, -0.2) is 8.42 Å². The van der Waals surface area contributed by atoms with Crippen molar-refractivity contribution in [2.24, 2.45) is 0 Å². The molecular formula is C13H10ClN3O3S2. The van der Waals surface area contributed by atoms with Gasteiger partial charge >= 0.3 is 0 Å². The molecule has 3 rings (SSSR count). The molecule has 0 saturated carbocycles. The maximum Gasteiger partial charge on any atom is 0.271 e. The van der Waals surface area contributed by atoms with Crippen LogP contribution in [0.15, 0.2) is 44.4 Å². The van der Waals surface area contributed by atoms with Gasteiger partial charge in [-0.1, -0.05) is 28.9 Å². The number of aromatic nitrogens is 2. The molecule has 0 unspecified atom stereocenters. The lowest BCUT2D eigenvalue weighted by molar-refractivity contribution is 0.394. The van der Waals surface area contributed by atoms with E-state index in [-0.39, 0.29) is 4.21 Å². The second-order valence-corrected chi connectivity index (χ2v) is 7.60. The van der Waals surface area contributed by atoms with Gasteiger partial charge in [-0.15, -0.1) is 11.3 Å². The summed E-state index contributed by atoms with van der Waals surface area (Å²) >= 11 is 7.04. The van der Waals surface area contributed by atoms with Gasteiger partial charge < -0.3 is 4.52 Å². The largest absolute Gasteiger partial charge is 0.339 e. The van der Waals surface area contributed by atoms with Crippen LogP contribution in [0.5, 0.6) is 0 Å². The average molecular weight is 356 g/mol. The summed E-state index contributed by atoms with van der Waals surface area (Å²) in [4.78, 5) is 4.07. The molecule has 2 heterocycles. The number of nitrogens with one attached hydrogen (secondary N) is 1. The zero-order valence-corrected chi connectivity index (χ0v) is 13.7. The summed E-state index contributed by atoms with van der Waals surface area (Å²) in [7, 11) is -3.72. The third kappa shape index (κ3) is 2.99. The van der Waals surface area contributed by atoms with E-state index in [1.165, 1.54) is 6.07 Å². The molecule has 0 radical (unpaired) electrons. The minimum atomic E-state index is -3.72. The van der Waals surface area contributed by atoms with Crippen LogP contribution in [0.3, 0.4) is 0 Å². The van der Waals surface area contributed by atoms with E-state index in [0.29, 0.717) is 28.0 Å². The van der Waals surface area contributed by atoms with Crippen molar-refractivity contribution in [2.45, 2.75) is 11.1 Å². The van der Waals surface area contributed by atoms with Crippen molar-refractivity contribution in [3.05, 3.63) is 46.6 Å². The van der Waals surface area contributed by atoms with Gasteiger partial charge in [0.05, 0.1) is 10.7 Å². The van der Waals surface area contributed by atoms with Gasteiger partial charge in [0.25, 0.3) is 10.0 Å². The molecule has 114 valence electrons. The molecule has 6 nitrogen and oxygen atoms in total. The zero-order valence-electron chi connectivity index (χ0n) is 11.3. The summed E-state index contributed by atoms with van der Waals surface area (Å²) < 4.78 is 32.2. The molecule has 0 fully saturated rings. The Labute approximate surface area is 135 Å². The van der Waals surface area contributed by atoms with Gasteiger partial charge in [0, 0.05) is 17.9 Å². The number of thiophene rings is 1. The molecule has 3 aromatic rings. The lowest BCUT2D eigenvalue weighted by Crippen LogP contribution is -2.11. The first-order chi connectivity index (χ1) is 10.5. The van der Waals surface area contributed by atoms with Crippen LogP contribution < -0.4 is 4.72 Å². The molecule has 0 spiro atoms. The van der Waals surface area contributed by atoms with Crippen LogP contribution in [0.2, 0.25) is 5.02 Å². The van der Waals surface area contributed by atoms with Crippen LogP contribution >= 0.6 is 22.9 Å². The Kier molecular flexibility index (Phi) is 3.90. The average Bonchev–Trinajstić information content (AvgIpc) is 3.10. The number of hydrogen-bond acceptors (Lipinski definition) is 6. The number of benzene rings is 1. The summed E-state index contributed by atoms with van der Waals surface area (Å²) in [6.07, 6.45) is 0. The van der Waals surface area contributed by atoms with Gasteiger partial charge in [-0.2, -0.15) is 4.98 Å². The molecule has 1 N–H and O–H groups in total. The van der Waals surface area contributed by atoms with E-state index < -0.39 is 10.0 Å². The fraction of sp³-hybridized carbons (Fsp3) is 0.0769. The quantitative estimate of drug-likeness (QED) is 0.773. The van der Waals surface area contributed by atoms with Crippen molar-refractivity contribution in [3.8, 4) is 11.4 Å². The summed E-state index contributed by atoms with van der Waals surface area (Å²) in [5.74, 6) is 0.771. The van der Waals surface area contributed by atoms with Crippen LogP contribution in [0.1, 0.15) is 5.89 Å². The highest BCUT2D eigenvalue weighted by Crippen LogP contribution is 2.29. The Bertz CT molecular complexity index is 918. The smallest absolute Gasteiger partial charge is 0.271 e. The molecule has 0 bridgehead atoms. The van der Waals surface area contributed by atoms with Crippen molar-refractivity contribution < 1.29 is 12.9 Å². The fourth-order valence-corrected chi connectivity index (χ4v) is 4.21. The number of hydrogen-bond donors (Lipinski definition) is 1. The summed E-state index contributed by atoms with van der Waals surface area (Å²) in [5.41, 5.74) is 0.913. The molecule has 0 amide bonds. The molecule has 9 heteroatoms. The lowest BCUT2D eigenvalue weighted by atomic mass is 10.3. The highest BCUT2D eigenvalue weighted by Gasteiger charge is 2.20. The monoisotopic (exact) mass is 355 g/mol. The summed E-state index contributed by atoms with van der Waals surface area (Å²) in [5, 5.41) is 5.75. The van der Waals surface area contributed by atoms with E-state index in [1.54, 1.807) is 36.6 Å². The summed E-state index contributed by atoms with van der Waals surface area (Å²) in [6.45, 7) is 1.67. The maximum atomic E-state index is 12.4. The Balaban J connectivity index is 1.90. The molecule has 0 atom stereocenters. The Hall–Kier alpha value is -1.90. The van der Waals surface area contributed by atoms with Crippen LogP contribution in [0.25, 0.3) is 11.4 Å². The second kappa shape index (κ2) is 5.71. The molecule has 0 saturated heterocycles. The maximum absolute atomic E-state index is 12.4. The van der Waals surface area contributed by atoms with Crippen molar-refractivity contribution in [3.63, 3.8) is 0 Å². The number of halogens is 1. The van der Waals surface area contributed by atoms with Gasteiger partial charge in [0.1, 0.15) is 4.21 Å². The summed E-state index contributed by atoms with van der Waals surface area (Å²) in [6, 6.07) is 8.13. The highest BCUT2D eigenvalue weighted by molar-refractivity contribution is 7.94. The lowest BCUT2D eigenvalue weighted by Gasteiger charge is -2.07. The molecule has 0 aliphatic rings.